The van der Waals surface area contributed by atoms with Crippen molar-refractivity contribution >= 4 is 5.91 Å². The molecule has 4 heteroatoms. The summed E-state index contributed by atoms with van der Waals surface area (Å²) < 4.78 is 5.59. The molecule has 4 nitrogen and oxygen atoms in total. The van der Waals surface area contributed by atoms with Crippen LogP contribution in [0.25, 0.3) is 0 Å². The maximum atomic E-state index is 12.7. The van der Waals surface area contributed by atoms with Gasteiger partial charge in [-0.25, -0.2) is 0 Å². The number of ether oxygens (including phenoxy) is 1. The van der Waals surface area contributed by atoms with E-state index in [0.717, 1.165) is 57.8 Å². The fraction of sp³-hybridized carbons (Fsp3) is 0.391. The number of piperidine rings is 1. The molecule has 2 fully saturated rings. The van der Waals surface area contributed by atoms with Crippen molar-refractivity contribution in [2.75, 3.05) is 39.4 Å². The highest BCUT2D eigenvalue weighted by Gasteiger charge is 2.42. The van der Waals surface area contributed by atoms with Crippen LogP contribution in [-0.4, -0.2) is 55.1 Å². The quantitative estimate of drug-likeness (QED) is 0.837. The summed E-state index contributed by atoms with van der Waals surface area (Å²) >= 11 is 0. The molecule has 2 aliphatic heterocycles. The molecular formula is C23H27N2O2. The van der Waals surface area contributed by atoms with Gasteiger partial charge in [-0.05, 0) is 24.0 Å². The monoisotopic (exact) mass is 363 g/mol. The smallest absolute Gasteiger partial charge is 0.231 e. The van der Waals surface area contributed by atoms with E-state index in [1.807, 2.05) is 35.2 Å². The van der Waals surface area contributed by atoms with Gasteiger partial charge in [-0.2, -0.15) is 0 Å². The Morgan fingerprint density at radius 3 is 2.07 bits per heavy atom. The number of rotatable bonds is 4. The molecule has 0 aliphatic carbocycles. The SMILES string of the molecule is O=C([CH]c1ccccc1)N1CCC(c2ccccc2)(N2CCOCC2)CC1. The molecule has 2 heterocycles. The Hall–Kier alpha value is -2.17. The summed E-state index contributed by atoms with van der Waals surface area (Å²) in [5, 5.41) is 0. The van der Waals surface area contributed by atoms with Crippen molar-refractivity contribution in [1.82, 2.24) is 9.80 Å². The van der Waals surface area contributed by atoms with Gasteiger partial charge in [-0.3, -0.25) is 9.69 Å². The molecule has 2 saturated heterocycles. The summed E-state index contributed by atoms with van der Waals surface area (Å²) in [4.78, 5) is 17.3. The third-order valence-corrected chi connectivity index (χ3v) is 5.92. The first-order valence-corrected chi connectivity index (χ1v) is 9.85. The third kappa shape index (κ3) is 3.92. The normalized spacial score (nSPS) is 20.4. The molecule has 1 radical (unpaired) electrons. The molecule has 0 aromatic heterocycles. The number of likely N-dealkylation sites (tertiary alicyclic amines) is 1. The number of hydrogen-bond donors (Lipinski definition) is 0. The fourth-order valence-electron chi connectivity index (χ4n) is 4.41. The van der Waals surface area contributed by atoms with Crippen molar-refractivity contribution in [3.63, 3.8) is 0 Å². The van der Waals surface area contributed by atoms with Crippen LogP contribution in [0.2, 0.25) is 0 Å². The topological polar surface area (TPSA) is 32.8 Å². The van der Waals surface area contributed by atoms with Crippen LogP contribution in [0.15, 0.2) is 60.7 Å². The standard InChI is InChI=1S/C23H27N2O2/c26-22(19-20-7-3-1-4-8-20)24-13-11-23(12-14-24,21-9-5-2-6-10-21)25-15-17-27-18-16-25/h1-10,19H,11-18H2. The Labute approximate surface area is 161 Å². The minimum atomic E-state index is 0.00850. The lowest BCUT2D eigenvalue weighted by Crippen LogP contribution is -2.57. The van der Waals surface area contributed by atoms with Gasteiger partial charge in [-0.15, -0.1) is 0 Å². The van der Waals surface area contributed by atoms with Gasteiger partial charge in [0.25, 0.3) is 0 Å². The largest absolute Gasteiger partial charge is 0.379 e. The molecule has 0 atom stereocenters. The average molecular weight is 363 g/mol. The number of benzene rings is 2. The highest BCUT2D eigenvalue weighted by molar-refractivity contribution is 5.88. The van der Waals surface area contributed by atoms with Crippen LogP contribution in [0.5, 0.6) is 0 Å². The molecule has 0 N–H and O–H groups in total. The minimum absolute atomic E-state index is 0.00850. The third-order valence-electron chi connectivity index (χ3n) is 5.92. The Morgan fingerprint density at radius 1 is 0.852 bits per heavy atom. The molecular weight excluding hydrogens is 336 g/mol. The highest BCUT2D eigenvalue weighted by Crippen LogP contribution is 2.39. The molecule has 0 unspecified atom stereocenters. The molecule has 4 rings (SSSR count). The number of carbonyl (C=O) groups excluding carboxylic acids is 1. The molecule has 2 aromatic rings. The summed E-state index contributed by atoms with van der Waals surface area (Å²) in [6.45, 7) is 5.07. The molecule has 2 aliphatic rings. The van der Waals surface area contributed by atoms with E-state index in [1.165, 1.54) is 5.56 Å². The number of hydrogen-bond acceptors (Lipinski definition) is 3. The zero-order valence-corrected chi connectivity index (χ0v) is 15.7. The first-order valence-electron chi connectivity index (χ1n) is 9.85. The zero-order chi connectivity index (χ0) is 18.5. The van der Waals surface area contributed by atoms with Crippen LogP contribution in [0.3, 0.4) is 0 Å². The number of amides is 1. The van der Waals surface area contributed by atoms with Gasteiger partial charge in [0, 0.05) is 31.7 Å². The Morgan fingerprint density at radius 2 is 1.44 bits per heavy atom. The van der Waals surface area contributed by atoms with E-state index in [0.29, 0.717) is 0 Å². The number of nitrogens with zero attached hydrogens (tertiary/aromatic N) is 2. The maximum absolute atomic E-state index is 12.7. The van der Waals surface area contributed by atoms with E-state index < -0.39 is 0 Å². The molecule has 2 aromatic carbocycles. The second-order valence-corrected chi connectivity index (χ2v) is 7.38. The van der Waals surface area contributed by atoms with Crippen molar-refractivity contribution < 1.29 is 9.53 Å². The first kappa shape index (κ1) is 18.2. The van der Waals surface area contributed by atoms with Gasteiger partial charge in [0.1, 0.15) is 0 Å². The van der Waals surface area contributed by atoms with Crippen molar-refractivity contribution in [2.45, 2.75) is 18.4 Å². The lowest BCUT2D eigenvalue weighted by atomic mass is 9.79. The molecule has 1 amide bonds. The van der Waals surface area contributed by atoms with Crippen molar-refractivity contribution in [1.29, 1.82) is 0 Å². The van der Waals surface area contributed by atoms with E-state index in [-0.39, 0.29) is 11.4 Å². The highest BCUT2D eigenvalue weighted by atomic mass is 16.5. The van der Waals surface area contributed by atoms with Gasteiger partial charge in [0.15, 0.2) is 0 Å². The van der Waals surface area contributed by atoms with E-state index >= 15 is 0 Å². The molecule has 0 spiro atoms. The van der Waals surface area contributed by atoms with Gasteiger partial charge < -0.3 is 9.64 Å². The summed E-state index contributed by atoms with van der Waals surface area (Å²) in [6.07, 6.45) is 3.68. The zero-order valence-electron chi connectivity index (χ0n) is 15.7. The van der Waals surface area contributed by atoms with E-state index in [2.05, 4.69) is 35.2 Å². The Balaban J connectivity index is 1.48. The molecule has 141 valence electrons. The molecule has 0 saturated carbocycles. The Kier molecular flexibility index (Phi) is 5.55. The lowest BCUT2D eigenvalue weighted by molar-refractivity contribution is -0.131. The van der Waals surface area contributed by atoms with Crippen LogP contribution in [0, 0.1) is 6.42 Å². The van der Waals surface area contributed by atoms with Crippen LogP contribution >= 0.6 is 0 Å². The van der Waals surface area contributed by atoms with Gasteiger partial charge in [0.2, 0.25) is 5.91 Å². The van der Waals surface area contributed by atoms with Gasteiger partial charge >= 0.3 is 0 Å². The van der Waals surface area contributed by atoms with Crippen molar-refractivity contribution in [3.8, 4) is 0 Å². The predicted octanol–water partition coefficient (Wildman–Crippen LogP) is 3.09. The average Bonchev–Trinajstić information content (AvgIpc) is 2.76. The van der Waals surface area contributed by atoms with E-state index in [9.17, 15) is 4.79 Å². The minimum Gasteiger partial charge on any atom is -0.379 e. The van der Waals surface area contributed by atoms with E-state index in [1.54, 1.807) is 6.42 Å². The van der Waals surface area contributed by atoms with Gasteiger partial charge in [0.05, 0.1) is 19.6 Å². The van der Waals surface area contributed by atoms with Crippen LogP contribution < -0.4 is 0 Å². The Bertz CT molecular complexity index is 733. The van der Waals surface area contributed by atoms with Crippen molar-refractivity contribution in [3.05, 3.63) is 78.2 Å². The first-order chi connectivity index (χ1) is 13.3. The number of carbonyl (C=O) groups is 1. The van der Waals surface area contributed by atoms with Crippen LogP contribution in [0.1, 0.15) is 24.0 Å². The predicted molar refractivity (Wildman–Crippen MR) is 106 cm³/mol. The summed E-state index contributed by atoms with van der Waals surface area (Å²) in [7, 11) is 0. The number of morpholine rings is 1. The maximum Gasteiger partial charge on any atom is 0.231 e. The summed E-state index contributed by atoms with van der Waals surface area (Å²) in [5.41, 5.74) is 2.34. The molecule has 27 heavy (non-hydrogen) atoms. The van der Waals surface area contributed by atoms with Gasteiger partial charge in [-0.1, -0.05) is 60.7 Å². The van der Waals surface area contributed by atoms with Crippen molar-refractivity contribution in [2.24, 2.45) is 0 Å². The lowest BCUT2D eigenvalue weighted by Gasteiger charge is -2.50. The summed E-state index contributed by atoms with van der Waals surface area (Å²) in [6, 6.07) is 20.7. The van der Waals surface area contributed by atoms with E-state index in [4.69, 9.17) is 4.74 Å². The van der Waals surface area contributed by atoms with Crippen LogP contribution in [0.4, 0.5) is 0 Å². The fourth-order valence-corrected chi connectivity index (χ4v) is 4.41. The summed E-state index contributed by atoms with van der Waals surface area (Å²) in [5.74, 6) is 0.116. The molecule has 0 bridgehead atoms. The second-order valence-electron chi connectivity index (χ2n) is 7.38. The van der Waals surface area contributed by atoms with Crippen LogP contribution in [-0.2, 0) is 15.1 Å². The second kappa shape index (κ2) is 8.24.